The summed E-state index contributed by atoms with van der Waals surface area (Å²) in [5.41, 5.74) is 8.19. The van der Waals surface area contributed by atoms with Crippen LogP contribution in [0, 0.1) is 0 Å². The Morgan fingerprint density at radius 3 is 2.71 bits per heavy atom. The lowest BCUT2D eigenvalue weighted by molar-refractivity contribution is -0.118. The van der Waals surface area contributed by atoms with Gasteiger partial charge in [0.1, 0.15) is 0 Å². The van der Waals surface area contributed by atoms with Crippen molar-refractivity contribution in [1.29, 1.82) is 0 Å². The molecule has 2 unspecified atom stereocenters. The van der Waals surface area contributed by atoms with E-state index in [9.17, 15) is 4.79 Å². The Hall–Kier alpha value is -1.39. The number of aryl methyl sites for hydroxylation is 1. The summed E-state index contributed by atoms with van der Waals surface area (Å²) in [6.45, 7) is 5.55. The Kier molecular flexibility index (Phi) is 5.76. The first-order valence-electron chi connectivity index (χ1n) is 7.98. The van der Waals surface area contributed by atoms with Gasteiger partial charge in [0.15, 0.2) is 0 Å². The number of likely N-dealkylation sites (tertiary alicyclic amines) is 1. The minimum absolute atomic E-state index is 0.0480. The smallest absolute Gasteiger partial charge is 0.238 e. The molecule has 4 heteroatoms. The summed E-state index contributed by atoms with van der Waals surface area (Å²) in [6.07, 6.45) is 4.47. The highest BCUT2D eigenvalue weighted by molar-refractivity contribution is 5.92. The molecule has 1 fully saturated rings. The van der Waals surface area contributed by atoms with Crippen LogP contribution in [0.4, 0.5) is 5.69 Å². The molecule has 0 radical (unpaired) electrons. The van der Waals surface area contributed by atoms with E-state index in [1.807, 2.05) is 19.1 Å². The molecule has 0 saturated carbocycles. The third kappa shape index (κ3) is 4.55. The molecular formula is C17H27N3O. The van der Waals surface area contributed by atoms with E-state index in [1.165, 1.54) is 12.0 Å². The van der Waals surface area contributed by atoms with Gasteiger partial charge in [-0.1, -0.05) is 25.5 Å². The van der Waals surface area contributed by atoms with Crippen molar-refractivity contribution in [3.05, 3.63) is 29.8 Å². The average molecular weight is 289 g/mol. The minimum atomic E-state index is 0.0480. The van der Waals surface area contributed by atoms with Gasteiger partial charge >= 0.3 is 0 Å². The predicted octanol–water partition coefficient (Wildman–Crippen LogP) is 2.39. The fraction of sp³-hybridized carbons (Fsp3) is 0.588. The Bertz CT molecular complexity index is 456. The second-order valence-corrected chi connectivity index (χ2v) is 5.99. The third-order valence-electron chi connectivity index (χ3n) is 4.26. The van der Waals surface area contributed by atoms with Crippen LogP contribution >= 0.6 is 0 Å². The van der Waals surface area contributed by atoms with Crippen LogP contribution in [-0.2, 0) is 11.2 Å². The normalized spacial score (nSPS) is 21.0. The molecule has 1 aromatic carbocycles. The Balaban J connectivity index is 1.90. The number of anilines is 1. The molecule has 0 spiro atoms. The van der Waals surface area contributed by atoms with Crippen LogP contribution in [0.15, 0.2) is 24.3 Å². The van der Waals surface area contributed by atoms with E-state index in [1.54, 1.807) is 0 Å². The van der Waals surface area contributed by atoms with Crippen molar-refractivity contribution >= 4 is 11.6 Å². The first-order chi connectivity index (χ1) is 10.1. The topological polar surface area (TPSA) is 58.4 Å². The first-order valence-corrected chi connectivity index (χ1v) is 7.98. The van der Waals surface area contributed by atoms with Gasteiger partial charge in [0, 0.05) is 17.8 Å². The first kappa shape index (κ1) is 16.0. The molecule has 2 rings (SSSR count). The van der Waals surface area contributed by atoms with E-state index in [4.69, 9.17) is 5.73 Å². The molecule has 1 saturated heterocycles. The van der Waals surface area contributed by atoms with Crippen LogP contribution in [-0.4, -0.2) is 36.0 Å². The van der Waals surface area contributed by atoms with Gasteiger partial charge in [-0.05, 0) is 50.4 Å². The summed E-state index contributed by atoms with van der Waals surface area (Å²) >= 11 is 0. The molecule has 1 aliphatic heterocycles. The summed E-state index contributed by atoms with van der Waals surface area (Å²) in [4.78, 5) is 14.4. The van der Waals surface area contributed by atoms with Crippen LogP contribution in [0.2, 0.25) is 0 Å². The largest absolute Gasteiger partial charge is 0.327 e. The molecule has 1 aromatic rings. The van der Waals surface area contributed by atoms with Crippen LogP contribution in [0.1, 0.15) is 38.7 Å². The lowest BCUT2D eigenvalue weighted by Crippen LogP contribution is -2.51. The number of benzene rings is 1. The molecule has 1 heterocycles. The predicted molar refractivity (Wildman–Crippen MR) is 87.3 cm³/mol. The van der Waals surface area contributed by atoms with Gasteiger partial charge in [0.25, 0.3) is 0 Å². The fourth-order valence-electron chi connectivity index (χ4n) is 3.02. The number of carbonyl (C=O) groups is 1. The summed E-state index contributed by atoms with van der Waals surface area (Å²) in [5, 5.41) is 2.98. The molecule has 1 aliphatic rings. The Morgan fingerprint density at radius 1 is 1.38 bits per heavy atom. The van der Waals surface area contributed by atoms with Gasteiger partial charge in [-0.3, -0.25) is 9.69 Å². The third-order valence-corrected chi connectivity index (χ3v) is 4.26. The lowest BCUT2D eigenvalue weighted by atomic mass is 9.97. The fourth-order valence-corrected chi connectivity index (χ4v) is 3.02. The van der Waals surface area contributed by atoms with Crippen LogP contribution in [0.3, 0.4) is 0 Å². The number of carbonyl (C=O) groups excluding carboxylic acids is 1. The molecule has 1 amide bonds. The van der Waals surface area contributed by atoms with Crippen molar-refractivity contribution in [2.24, 2.45) is 5.73 Å². The van der Waals surface area contributed by atoms with Gasteiger partial charge in [-0.15, -0.1) is 0 Å². The van der Waals surface area contributed by atoms with Crippen LogP contribution in [0.25, 0.3) is 0 Å². The quantitative estimate of drug-likeness (QED) is 0.875. The van der Waals surface area contributed by atoms with Gasteiger partial charge in [-0.25, -0.2) is 0 Å². The van der Waals surface area contributed by atoms with Crippen molar-refractivity contribution in [2.45, 2.75) is 51.6 Å². The maximum Gasteiger partial charge on any atom is 0.238 e. The van der Waals surface area contributed by atoms with E-state index in [2.05, 4.69) is 29.3 Å². The molecule has 4 nitrogen and oxygen atoms in total. The van der Waals surface area contributed by atoms with E-state index in [0.29, 0.717) is 12.6 Å². The van der Waals surface area contributed by atoms with Crippen LogP contribution < -0.4 is 11.1 Å². The second-order valence-electron chi connectivity index (χ2n) is 5.99. The van der Waals surface area contributed by atoms with E-state index in [0.717, 1.165) is 31.5 Å². The molecule has 0 aliphatic carbocycles. The van der Waals surface area contributed by atoms with Crippen LogP contribution in [0.5, 0.6) is 0 Å². The zero-order valence-electron chi connectivity index (χ0n) is 13.1. The molecule has 2 atom stereocenters. The summed E-state index contributed by atoms with van der Waals surface area (Å²) < 4.78 is 0. The Labute approximate surface area is 127 Å². The number of nitrogens with two attached hydrogens (primary N) is 1. The van der Waals surface area contributed by atoms with Crippen molar-refractivity contribution < 1.29 is 4.79 Å². The molecule has 21 heavy (non-hydrogen) atoms. The number of piperidine rings is 1. The lowest BCUT2D eigenvalue weighted by Gasteiger charge is -2.37. The van der Waals surface area contributed by atoms with E-state index < -0.39 is 0 Å². The van der Waals surface area contributed by atoms with E-state index >= 15 is 0 Å². The summed E-state index contributed by atoms with van der Waals surface area (Å²) in [5.74, 6) is 0.0480. The molecule has 0 aromatic heterocycles. The zero-order chi connectivity index (χ0) is 15.2. The highest BCUT2D eigenvalue weighted by Crippen LogP contribution is 2.19. The molecule has 0 bridgehead atoms. The standard InChI is InChI=1S/C17H27N3O/c1-3-14-7-9-15(10-8-14)19-17(21)12-20-11-5-4-6-16(20)13(2)18/h7-10,13,16H,3-6,11-12,18H2,1-2H3,(H,19,21). The van der Waals surface area contributed by atoms with Crippen molar-refractivity contribution in [3.63, 3.8) is 0 Å². The maximum absolute atomic E-state index is 12.2. The monoisotopic (exact) mass is 289 g/mol. The highest BCUT2D eigenvalue weighted by Gasteiger charge is 2.26. The summed E-state index contributed by atoms with van der Waals surface area (Å²) in [7, 11) is 0. The molecule has 116 valence electrons. The number of rotatable bonds is 5. The van der Waals surface area contributed by atoms with Crippen molar-refractivity contribution in [1.82, 2.24) is 4.90 Å². The van der Waals surface area contributed by atoms with Gasteiger partial charge < -0.3 is 11.1 Å². The highest BCUT2D eigenvalue weighted by atomic mass is 16.2. The van der Waals surface area contributed by atoms with Gasteiger partial charge in [0.2, 0.25) is 5.91 Å². The van der Waals surface area contributed by atoms with Gasteiger partial charge in [-0.2, -0.15) is 0 Å². The van der Waals surface area contributed by atoms with Gasteiger partial charge in [0.05, 0.1) is 6.54 Å². The zero-order valence-corrected chi connectivity index (χ0v) is 13.1. The molecular weight excluding hydrogens is 262 g/mol. The number of amides is 1. The number of hydrogen-bond donors (Lipinski definition) is 2. The average Bonchev–Trinajstić information content (AvgIpc) is 2.48. The number of hydrogen-bond acceptors (Lipinski definition) is 3. The minimum Gasteiger partial charge on any atom is -0.327 e. The number of nitrogens with zero attached hydrogens (tertiary/aromatic N) is 1. The second kappa shape index (κ2) is 7.57. The maximum atomic E-state index is 12.2. The van der Waals surface area contributed by atoms with E-state index in [-0.39, 0.29) is 11.9 Å². The Morgan fingerprint density at radius 2 is 2.10 bits per heavy atom. The number of nitrogens with one attached hydrogen (secondary N) is 1. The van der Waals surface area contributed by atoms with Crippen molar-refractivity contribution in [2.75, 3.05) is 18.4 Å². The SMILES string of the molecule is CCc1ccc(NC(=O)CN2CCCCC2C(C)N)cc1. The van der Waals surface area contributed by atoms with Crippen molar-refractivity contribution in [3.8, 4) is 0 Å². The molecule has 3 N–H and O–H groups in total. The summed E-state index contributed by atoms with van der Waals surface area (Å²) in [6, 6.07) is 8.49.